The summed E-state index contributed by atoms with van der Waals surface area (Å²) in [5.41, 5.74) is 0.631. The van der Waals surface area contributed by atoms with Crippen LogP contribution in [0, 0.1) is 3.57 Å². The lowest BCUT2D eigenvalue weighted by Gasteiger charge is -2.21. The molecule has 0 saturated heterocycles. The minimum Gasteiger partial charge on any atom is -0.350 e. The molecule has 3 nitrogen and oxygen atoms in total. The van der Waals surface area contributed by atoms with Crippen molar-refractivity contribution in [1.82, 2.24) is 10.2 Å². The summed E-state index contributed by atoms with van der Waals surface area (Å²) in [7, 11) is 0. The Morgan fingerprint density at radius 3 is 2.59 bits per heavy atom. The van der Waals surface area contributed by atoms with Crippen LogP contribution in [0.5, 0.6) is 0 Å². The van der Waals surface area contributed by atoms with Gasteiger partial charge < -0.3 is 4.90 Å². The number of nitrogens with one attached hydrogen (secondary N) is 1. The zero-order valence-corrected chi connectivity index (χ0v) is 12.8. The molecule has 92 valence electrons. The summed E-state index contributed by atoms with van der Waals surface area (Å²) < 4.78 is 1.03. The van der Waals surface area contributed by atoms with Gasteiger partial charge in [0.05, 0.1) is 0 Å². The van der Waals surface area contributed by atoms with Crippen LogP contribution in [0.2, 0.25) is 0 Å². The molecule has 1 aromatic rings. The summed E-state index contributed by atoms with van der Waals surface area (Å²) in [5, 5.41) is 3.23. The molecule has 0 saturated carbocycles. The van der Waals surface area contributed by atoms with E-state index < -0.39 is 0 Å². The Labute approximate surface area is 121 Å². The topological polar surface area (TPSA) is 32.3 Å². The Hall–Kier alpha value is -0.690. The van der Waals surface area contributed by atoms with Crippen LogP contribution in [0.1, 0.15) is 24.2 Å². The highest BCUT2D eigenvalue weighted by Crippen LogP contribution is 2.07. The van der Waals surface area contributed by atoms with E-state index in [0.717, 1.165) is 16.7 Å². The van der Waals surface area contributed by atoms with E-state index in [1.807, 2.05) is 36.9 Å². The molecule has 17 heavy (non-hydrogen) atoms. The minimum atomic E-state index is -0.152. The van der Waals surface area contributed by atoms with Gasteiger partial charge in [0.25, 0.3) is 5.91 Å². The average Bonchev–Trinajstić information content (AvgIpc) is 2.30. The van der Waals surface area contributed by atoms with E-state index in [4.69, 9.17) is 12.2 Å². The number of amides is 1. The molecule has 1 rings (SSSR count). The fraction of sp³-hybridized carbons (Fsp3) is 0.333. The van der Waals surface area contributed by atoms with Crippen LogP contribution in [-0.4, -0.2) is 29.0 Å². The normalized spacial score (nSPS) is 9.82. The molecule has 0 aromatic heterocycles. The molecule has 1 aromatic carbocycles. The largest absolute Gasteiger partial charge is 0.350 e. The number of thiocarbonyl (C=S) groups is 1. The van der Waals surface area contributed by atoms with Crippen molar-refractivity contribution in [3.8, 4) is 0 Å². The summed E-state index contributed by atoms with van der Waals surface area (Å²) in [6.45, 7) is 5.60. The molecular formula is C12H15IN2OS. The van der Waals surface area contributed by atoms with Crippen LogP contribution < -0.4 is 5.32 Å². The number of halogens is 1. The Kier molecular flexibility index (Phi) is 5.84. The van der Waals surface area contributed by atoms with Crippen molar-refractivity contribution < 1.29 is 4.79 Å². The number of carbonyl (C=O) groups excluding carboxylic acids is 1. The summed E-state index contributed by atoms with van der Waals surface area (Å²) in [5.74, 6) is -0.152. The Morgan fingerprint density at radius 1 is 1.41 bits per heavy atom. The Bertz CT molecular complexity index is 419. The second-order valence-corrected chi connectivity index (χ2v) is 5.07. The third-order valence-corrected chi connectivity index (χ3v) is 3.39. The standard InChI is InChI=1S/C12H15IN2OS/c1-3-15(4-2)12(17)14-11(16)9-6-5-7-10(13)8-9/h5-8H,3-4H2,1-2H3,(H,14,16,17). The predicted octanol–water partition coefficient (Wildman–Crippen LogP) is 2.65. The van der Waals surface area contributed by atoms with Crippen molar-refractivity contribution in [2.45, 2.75) is 13.8 Å². The second kappa shape index (κ2) is 6.90. The zero-order chi connectivity index (χ0) is 12.8. The van der Waals surface area contributed by atoms with Crippen molar-refractivity contribution >= 4 is 45.8 Å². The smallest absolute Gasteiger partial charge is 0.257 e. The van der Waals surface area contributed by atoms with Gasteiger partial charge >= 0.3 is 0 Å². The van der Waals surface area contributed by atoms with E-state index in [9.17, 15) is 4.79 Å². The summed E-state index contributed by atoms with van der Waals surface area (Å²) in [6, 6.07) is 7.42. The van der Waals surface area contributed by atoms with E-state index >= 15 is 0 Å². The average molecular weight is 362 g/mol. The number of hydrogen-bond donors (Lipinski definition) is 1. The third-order valence-electron chi connectivity index (χ3n) is 2.36. The first-order valence-corrected chi connectivity index (χ1v) is 6.93. The quantitative estimate of drug-likeness (QED) is 0.663. The molecule has 0 aliphatic carbocycles. The van der Waals surface area contributed by atoms with Gasteiger partial charge in [-0.1, -0.05) is 6.07 Å². The SMILES string of the molecule is CCN(CC)C(=S)NC(=O)c1cccc(I)c1. The fourth-order valence-electron chi connectivity index (χ4n) is 1.39. The van der Waals surface area contributed by atoms with E-state index in [2.05, 4.69) is 27.9 Å². The number of nitrogens with zero attached hydrogens (tertiary/aromatic N) is 1. The molecule has 0 aliphatic rings. The number of benzene rings is 1. The van der Waals surface area contributed by atoms with Crippen LogP contribution in [0.3, 0.4) is 0 Å². The van der Waals surface area contributed by atoms with E-state index in [1.165, 1.54) is 0 Å². The molecular weight excluding hydrogens is 347 g/mol. The van der Waals surface area contributed by atoms with Gasteiger partial charge in [-0.05, 0) is 66.9 Å². The van der Waals surface area contributed by atoms with Crippen molar-refractivity contribution in [2.75, 3.05) is 13.1 Å². The molecule has 0 bridgehead atoms. The van der Waals surface area contributed by atoms with Crippen molar-refractivity contribution in [3.05, 3.63) is 33.4 Å². The highest BCUT2D eigenvalue weighted by atomic mass is 127. The van der Waals surface area contributed by atoms with Crippen LogP contribution in [-0.2, 0) is 0 Å². The fourth-order valence-corrected chi connectivity index (χ4v) is 2.28. The molecule has 0 heterocycles. The van der Waals surface area contributed by atoms with E-state index in [-0.39, 0.29) is 5.91 Å². The lowest BCUT2D eigenvalue weighted by molar-refractivity contribution is 0.0973. The van der Waals surface area contributed by atoms with Gasteiger partial charge in [-0.25, -0.2) is 0 Å². The second-order valence-electron chi connectivity index (χ2n) is 3.44. The predicted molar refractivity (Wildman–Crippen MR) is 82.1 cm³/mol. The maximum absolute atomic E-state index is 11.9. The highest BCUT2D eigenvalue weighted by molar-refractivity contribution is 14.1. The molecule has 1 N–H and O–H groups in total. The van der Waals surface area contributed by atoms with E-state index in [0.29, 0.717) is 10.7 Å². The molecule has 0 unspecified atom stereocenters. The monoisotopic (exact) mass is 362 g/mol. The minimum absolute atomic E-state index is 0.152. The lowest BCUT2D eigenvalue weighted by Crippen LogP contribution is -2.42. The van der Waals surface area contributed by atoms with Crippen LogP contribution in [0.25, 0.3) is 0 Å². The molecule has 0 fully saturated rings. The van der Waals surface area contributed by atoms with Crippen molar-refractivity contribution in [1.29, 1.82) is 0 Å². The van der Waals surface area contributed by atoms with Gasteiger partial charge in [0.15, 0.2) is 5.11 Å². The van der Waals surface area contributed by atoms with Crippen molar-refractivity contribution in [3.63, 3.8) is 0 Å². The highest BCUT2D eigenvalue weighted by Gasteiger charge is 2.11. The van der Waals surface area contributed by atoms with Gasteiger partial charge in [-0.2, -0.15) is 0 Å². The summed E-state index contributed by atoms with van der Waals surface area (Å²) >= 11 is 7.35. The van der Waals surface area contributed by atoms with Gasteiger partial charge in [0.1, 0.15) is 0 Å². The van der Waals surface area contributed by atoms with E-state index in [1.54, 1.807) is 6.07 Å². The first-order chi connectivity index (χ1) is 8.08. The van der Waals surface area contributed by atoms with Crippen LogP contribution >= 0.6 is 34.8 Å². The summed E-state index contributed by atoms with van der Waals surface area (Å²) in [6.07, 6.45) is 0. The van der Waals surface area contributed by atoms with Crippen LogP contribution in [0.4, 0.5) is 0 Å². The molecule has 0 radical (unpaired) electrons. The van der Waals surface area contributed by atoms with Crippen molar-refractivity contribution in [2.24, 2.45) is 0 Å². The molecule has 1 amide bonds. The van der Waals surface area contributed by atoms with Gasteiger partial charge in [-0.15, -0.1) is 0 Å². The maximum atomic E-state index is 11.9. The Morgan fingerprint density at radius 2 is 2.06 bits per heavy atom. The number of hydrogen-bond acceptors (Lipinski definition) is 2. The first-order valence-electron chi connectivity index (χ1n) is 5.44. The number of carbonyl (C=O) groups is 1. The molecule has 0 aliphatic heterocycles. The lowest BCUT2D eigenvalue weighted by atomic mass is 10.2. The van der Waals surface area contributed by atoms with Crippen LogP contribution in [0.15, 0.2) is 24.3 Å². The van der Waals surface area contributed by atoms with Gasteiger partial charge in [0.2, 0.25) is 0 Å². The summed E-state index contributed by atoms with van der Waals surface area (Å²) in [4.78, 5) is 13.8. The molecule has 0 spiro atoms. The van der Waals surface area contributed by atoms with Gasteiger partial charge in [-0.3, -0.25) is 10.1 Å². The Balaban J connectivity index is 2.70. The molecule has 5 heteroatoms. The molecule has 0 atom stereocenters. The number of rotatable bonds is 3. The first kappa shape index (κ1) is 14.4. The maximum Gasteiger partial charge on any atom is 0.257 e. The zero-order valence-electron chi connectivity index (χ0n) is 9.87. The van der Waals surface area contributed by atoms with Gasteiger partial charge in [0, 0.05) is 22.2 Å². The third kappa shape index (κ3) is 4.23.